The van der Waals surface area contributed by atoms with E-state index in [2.05, 4.69) is 9.79 Å². The number of nitriles is 1. The van der Waals surface area contributed by atoms with Gasteiger partial charge in [-0.2, -0.15) is 0 Å². The molecule has 0 atom stereocenters. The molecule has 0 amide bonds. The van der Waals surface area contributed by atoms with E-state index in [1.807, 2.05) is 0 Å². The summed E-state index contributed by atoms with van der Waals surface area (Å²) in [6.07, 6.45) is 2.50. The van der Waals surface area contributed by atoms with E-state index < -0.39 is 5.95 Å². The molecule has 1 aromatic heterocycles. The Morgan fingerprint density at radius 3 is 3.00 bits per heavy atom. The van der Waals surface area contributed by atoms with Crippen LogP contribution in [0.15, 0.2) is 10.7 Å². The van der Waals surface area contributed by atoms with Crippen LogP contribution < -0.4 is 9.79 Å². The predicted molar refractivity (Wildman–Crippen MR) is 17.2 cm³/mol. The van der Waals surface area contributed by atoms with Crippen molar-refractivity contribution in [2.45, 2.75) is 0 Å². The first kappa shape index (κ1) is 4.59. The Hall–Kier alpha value is -1.57. The zero-order chi connectivity index (χ0) is 5.98. The second-order valence-corrected chi connectivity index (χ2v) is 1.07. The minimum absolute atomic E-state index is 0.619. The molecule has 1 aromatic rings. The minimum Gasteiger partial charge on any atom is -0.541 e. The molecule has 0 bridgehead atoms. The third-order valence-corrected chi connectivity index (χ3v) is 0.549. The average Bonchev–Trinajstić information content (AvgIpc) is 2.14. The highest BCUT2D eigenvalue weighted by atomic mass is 16.6. The van der Waals surface area contributed by atoms with Crippen molar-refractivity contribution in [1.82, 2.24) is 5.27 Å². The molecule has 0 saturated carbocycles. The van der Waals surface area contributed by atoms with Crippen LogP contribution in [0.3, 0.4) is 0 Å². The molecule has 0 saturated heterocycles. The predicted octanol–water partition coefficient (Wildman–Crippen LogP) is -1.64. The maximum atomic E-state index is 10.0. The zero-order valence-corrected chi connectivity index (χ0v) is 3.74. The number of hydrogen-bond acceptors (Lipinski definition) is 4. The van der Waals surface area contributed by atoms with Gasteiger partial charge in [0.25, 0.3) is 0 Å². The van der Waals surface area contributed by atoms with Crippen LogP contribution in [-0.4, -0.2) is 5.27 Å². The van der Waals surface area contributed by atoms with Gasteiger partial charge >= 0.3 is 6.19 Å². The van der Waals surface area contributed by atoms with E-state index >= 15 is 0 Å². The molecule has 0 N–H and O–H groups in total. The average molecular weight is 111 g/mol. The third-order valence-electron chi connectivity index (χ3n) is 0.549. The molecule has 0 unspecified atom stereocenters. The summed E-state index contributed by atoms with van der Waals surface area (Å²) in [5, 5.41) is 21.1. The fourth-order valence-electron chi connectivity index (χ4n) is 0.278. The lowest BCUT2D eigenvalue weighted by Gasteiger charge is -1.77. The van der Waals surface area contributed by atoms with E-state index in [1.165, 1.54) is 0 Å². The molecule has 0 aliphatic heterocycles. The molecule has 0 aromatic carbocycles. The molecule has 5 heteroatoms. The summed E-state index contributed by atoms with van der Waals surface area (Å²) in [7, 11) is 0. The summed E-state index contributed by atoms with van der Waals surface area (Å²) >= 11 is 0. The van der Waals surface area contributed by atoms with Crippen LogP contribution in [0, 0.1) is 11.5 Å². The van der Waals surface area contributed by atoms with Crippen LogP contribution in [0.5, 0.6) is 5.95 Å². The van der Waals surface area contributed by atoms with Gasteiger partial charge < -0.3 is 9.63 Å². The van der Waals surface area contributed by atoms with Gasteiger partial charge in [-0.3, -0.25) is 0 Å². The first-order valence-electron chi connectivity index (χ1n) is 1.78. The lowest BCUT2D eigenvalue weighted by atomic mass is 10.9. The molecule has 1 rings (SSSR count). The van der Waals surface area contributed by atoms with E-state index in [0.29, 0.717) is 0 Å². The topological polar surface area (TPSA) is 76.8 Å². The van der Waals surface area contributed by atoms with Crippen molar-refractivity contribution >= 4 is 0 Å². The van der Waals surface area contributed by atoms with Crippen LogP contribution in [0.4, 0.5) is 0 Å². The maximum Gasteiger partial charge on any atom is 0.487 e. The first-order valence-corrected chi connectivity index (χ1v) is 1.78. The SMILES string of the molecule is N#C[n+]1cc([O-])on1. The van der Waals surface area contributed by atoms with Gasteiger partial charge in [-0.1, -0.05) is 0 Å². The van der Waals surface area contributed by atoms with E-state index in [4.69, 9.17) is 5.26 Å². The quantitative estimate of drug-likeness (QED) is 0.376. The van der Waals surface area contributed by atoms with Gasteiger partial charge in [-0.15, -0.1) is 0 Å². The minimum atomic E-state index is -0.619. The van der Waals surface area contributed by atoms with Crippen molar-refractivity contribution in [3.05, 3.63) is 6.20 Å². The van der Waals surface area contributed by atoms with Gasteiger partial charge in [-0.25, -0.2) is 0 Å². The molecule has 0 aliphatic carbocycles. The highest BCUT2D eigenvalue weighted by Crippen LogP contribution is 1.90. The summed E-state index contributed by atoms with van der Waals surface area (Å²) in [6, 6.07) is 0. The lowest BCUT2D eigenvalue weighted by Crippen LogP contribution is -2.27. The van der Waals surface area contributed by atoms with Gasteiger partial charge in [0.05, 0.1) is 0 Å². The molecule has 0 aliphatic rings. The van der Waals surface area contributed by atoms with Crippen LogP contribution in [-0.2, 0) is 0 Å². The van der Waals surface area contributed by atoms with Gasteiger partial charge in [0, 0.05) is 5.27 Å². The Balaban J connectivity index is 3.05. The highest BCUT2D eigenvalue weighted by molar-refractivity contribution is 4.81. The van der Waals surface area contributed by atoms with Gasteiger partial charge in [0.1, 0.15) is 5.95 Å². The Bertz CT molecular complexity index is 223. The number of nitrogens with zero attached hydrogens (tertiary/aromatic N) is 3. The first-order chi connectivity index (χ1) is 3.83. The van der Waals surface area contributed by atoms with E-state index in [1.54, 1.807) is 6.19 Å². The lowest BCUT2D eigenvalue weighted by molar-refractivity contribution is -0.662. The third kappa shape index (κ3) is 0.586. The van der Waals surface area contributed by atoms with Crippen molar-refractivity contribution in [2.75, 3.05) is 0 Å². The second-order valence-electron chi connectivity index (χ2n) is 1.07. The summed E-state index contributed by atoms with van der Waals surface area (Å²) in [5.41, 5.74) is 0. The standard InChI is InChI=1S/C3HN3O2/c4-2-6-1-3(7)8-5-6/h1H. The summed E-state index contributed by atoms with van der Waals surface area (Å²) in [4.78, 5) is 0. The fourth-order valence-corrected chi connectivity index (χ4v) is 0.278. The van der Waals surface area contributed by atoms with Gasteiger partial charge in [0.15, 0.2) is 11.5 Å². The van der Waals surface area contributed by atoms with Gasteiger partial charge in [-0.05, 0) is 4.68 Å². The van der Waals surface area contributed by atoms with Crippen LogP contribution in [0.2, 0.25) is 0 Å². The smallest absolute Gasteiger partial charge is 0.487 e. The largest absolute Gasteiger partial charge is 0.541 e. The van der Waals surface area contributed by atoms with Crippen molar-refractivity contribution in [1.29, 1.82) is 5.26 Å². The van der Waals surface area contributed by atoms with Crippen molar-refractivity contribution < 1.29 is 14.3 Å². The van der Waals surface area contributed by atoms with Crippen molar-refractivity contribution in [2.24, 2.45) is 0 Å². The van der Waals surface area contributed by atoms with E-state index in [0.717, 1.165) is 10.9 Å². The molecule has 0 spiro atoms. The summed E-state index contributed by atoms with van der Waals surface area (Å²) in [6.45, 7) is 0. The maximum absolute atomic E-state index is 10.0. The molecular formula is C3HN3O2. The van der Waals surface area contributed by atoms with Crippen LogP contribution in [0.25, 0.3) is 0 Å². The van der Waals surface area contributed by atoms with Crippen molar-refractivity contribution in [3.63, 3.8) is 0 Å². The fraction of sp³-hybridized carbons (Fsp3) is 0. The van der Waals surface area contributed by atoms with Crippen LogP contribution >= 0.6 is 0 Å². The van der Waals surface area contributed by atoms with E-state index in [-0.39, 0.29) is 0 Å². The molecule has 0 fully saturated rings. The zero-order valence-electron chi connectivity index (χ0n) is 3.74. The molecular weight excluding hydrogens is 110 g/mol. The van der Waals surface area contributed by atoms with E-state index in [9.17, 15) is 5.11 Å². The monoisotopic (exact) mass is 111 g/mol. The Labute approximate surface area is 44.3 Å². The molecule has 40 valence electrons. The molecule has 5 nitrogen and oxygen atoms in total. The van der Waals surface area contributed by atoms with Crippen molar-refractivity contribution in [3.8, 4) is 12.1 Å². The normalized spacial score (nSPS) is 8.38. The number of hydrogen-bond donors (Lipinski definition) is 0. The number of aromatic nitrogens is 2. The molecule has 8 heavy (non-hydrogen) atoms. The second kappa shape index (κ2) is 1.50. The Kier molecular flexibility index (Phi) is 0.860. The summed E-state index contributed by atoms with van der Waals surface area (Å²) in [5.74, 6) is -0.619. The Morgan fingerprint density at radius 2 is 2.75 bits per heavy atom. The molecule has 1 heterocycles. The van der Waals surface area contributed by atoms with Gasteiger partial charge in [0.2, 0.25) is 0 Å². The Morgan fingerprint density at radius 1 is 2.00 bits per heavy atom. The summed E-state index contributed by atoms with van der Waals surface area (Å²) < 4.78 is 4.73. The molecule has 0 radical (unpaired) electrons. The number of rotatable bonds is 0. The highest BCUT2D eigenvalue weighted by Gasteiger charge is 1.93. The van der Waals surface area contributed by atoms with Crippen LogP contribution in [0.1, 0.15) is 0 Å².